The number of rotatable bonds is 3. The highest BCUT2D eigenvalue weighted by Gasteiger charge is 2.22. The molecule has 0 amide bonds. The minimum atomic E-state index is -0.616. The maximum Gasteiger partial charge on any atom is 0.418 e. The van der Waals surface area contributed by atoms with Gasteiger partial charge in [0.05, 0.1) is 24.1 Å². The summed E-state index contributed by atoms with van der Waals surface area (Å²) in [4.78, 5) is 28.7. The fraction of sp³-hybridized carbons (Fsp3) is 0.333. The first-order valence-corrected chi connectivity index (χ1v) is 8.23. The maximum atomic E-state index is 12.5. The van der Waals surface area contributed by atoms with Gasteiger partial charge in [0.25, 0.3) is 0 Å². The van der Waals surface area contributed by atoms with Crippen molar-refractivity contribution in [1.29, 1.82) is 0 Å². The summed E-state index contributed by atoms with van der Waals surface area (Å²) in [5.41, 5.74) is 1.18. The van der Waals surface area contributed by atoms with Crippen LogP contribution in [-0.4, -0.2) is 43.4 Å². The lowest BCUT2D eigenvalue weighted by molar-refractivity contribution is 0.0515. The van der Waals surface area contributed by atoms with Gasteiger partial charge in [-0.15, -0.1) is 0 Å². The molecule has 0 saturated heterocycles. The largest absolute Gasteiger partial charge is 0.461 e. The number of aromatic nitrogens is 4. The zero-order valence-electron chi connectivity index (χ0n) is 15.1. The zero-order valence-corrected chi connectivity index (χ0v) is 15.1. The van der Waals surface area contributed by atoms with Crippen LogP contribution in [0.15, 0.2) is 36.8 Å². The molecule has 8 nitrogen and oxygen atoms in total. The van der Waals surface area contributed by atoms with Gasteiger partial charge in [0.15, 0.2) is 11.3 Å². The number of hydrogen-bond donors (Lipinski definition) is 0. The van der Waals surface area contributed by atoms with E-state index in [1.165, 1.54) is 15.1 Å². The van der Waals surface area contributed by atoms with Gasteiger partial charge in [0.2, 0.25) is 0 Å². The van der Waals surface area contributed by atoms with Crippen LogP contribution in [0.1, 0.15) is 38.2 Å². The van der Waals surface area contributed by atoms with Crippen LogP contribution in [0, 0.1) is 0 Å². The molecule has 136 valence electrons. The molecular formula is C18H20N4O4. The van der Waals surface area contributed by atoms with E-state index in [9.17, 15) is 9.59 Å². The predicted octanol–water partition coefficient (Wildman–Crippen LogP) is 3.16. The molecule has 3 rings (SSSR count). The Balaban J connectivity index is 2.04. The predicted molar refractivity (Wildman–Crippen MR) is 94.0 cm³/mol. The van der Waals surface area contributed by atoms with Crippen LogP contribution in [0.25, 0.3) is 16.9 Å². The lowest BCUT2D eigenvalue weighted by Gasteiger charge is -2.20. The second-order valence-corrected chi connectivity index (χ2v) is 6.60. The van der Waals surface area contributed by atoms with Crippen molar-refractivity contribution in [2.75, 3.05) is 6.61 Å². The van der Waals surface area contributed by atoms with Crippen molar-refractivity contribution in [3.63, 3.8) is 0 Å². The number of carbonyl (C=O) groups excluding carboxylic acids is 2. The van der Waals surface area contributed by atoms with Crippen LogP contribution in [0.2, 0.25) is 0 Å². The van der Waals surface area contributed by atoms with Crippen LogP contribution >= 0.6 is 0 Å². The molecule has 0 fully saturated rings. The van der Waals surface area contributed by atoms with Crippen LogP contribution in [0.5, 0.6) is 0 Å². The number of nitrogens with zero attached hydrogens (tertiary/aromatic N) is 4. The molecule has 8 heteroatoms. The molecular weight excluding hydrogens is 336 g/mol. The van der Waals surface area contributed by atoms with Crippen LogP contribution in [0.4, 0.5) is 4.79 Å². The molecule has 0 aliphatic carbocycles. The maximum absolute atomic E-state index is 12.5. The van der Waals surface area contributed by atoms with Crippen molar-refractivity contribution < 1.29 is 19.1 Å². The molecule has 0 bridgehead atoms. The Bertz CT molecular complexity index is 965. The van der Waals surface area contributed by atoms with Gasteiger partial charge in [0.1, 0.15) is 5.60 Å². The fourth-order valence-corrected chi connectivity index (χ4v) is 2.44. The van der Waals surface area contributed by atoms with E-state index in [4.69, 9.17) is 9.47 Å². The number of fused-ring (bicyclic) bond motifs is 1. The van der Waals surface area contributed by atoms with E-state index in [1.807, 2.05) is 0 Å². The van der Waals surface area contributed by atoms with Gasteiger partial charge in [-0.2, -0.15) is 5.10 Å². The topological polar surface area (TPSA) is 87.7 Å². The van der Waals surface area contributed by atoms with Gasteiger partial charge < -0.3 is 9.47 Å². The first-order valence-electron chi connectivity index (χ1n) is 8.23. The minimum absolute atomic E-state index is 0.177. The fourth-order valence-electron chi connectivity index (χ4n) is 2.44. The molecule has 0 aliphatic rings. The van der Waals surface area contributed by atoms with Crippen molar-refractivity contribution in [3.05, 3.63) is 42.5 Å². The van der Waals surface area contributed by atoms with Crippen LogP contribution < -0.4 is 0 Å². The molecule has 0 atom stereocenters. The first-order chi connectivity index (χ1) is 12.3. The molecule has 3 heterocycles. The first kappa shape index (κ1) is 17.7. The van der Waals surface area contributed by atoms with E-state index in [-0.39, 0.29) is 12.3 Å². The summed E-state index contributed by atoms with van der Waals surface area (Å²) in [7, 11) is 0. The second-order valence-electron chi connectivity index (χ2n) is 6.60. The zero-order chi connectivity index (χ0) is 18.9. The lowest BCUT2D eigenvalue weighted by atomic mass is 10.2. The Morgan fingerprint density at radius 2 is 1.96 bits per heavy atom. The highest BCUT2D eigenvalue weighted by molar-refractivity contribution is 5.89. The van der Waals surface area contributed by atoms with Gasteiger partial charge >= 0.3 is 12.1 Å². The molecule has 0 aromatic carbocycles. The lowest BCUT2D eigenvalue weighted by Crippen LogP contribution is -2.27. The van der Waals surface area contributed by atoms with Crippen molar-refractivity contribution in [1.82, 2.24) is 19.2 Å². The summed E-state index contributed by atoms with van der Waals surface area (Å²) in [6.07, 6.45) is 4.33. The third-order valence-corrected chi connectivity index (χ3v) is 3.47. The highest BCUT2D eigenvalue weighted by Crippen LogP contribution is 2.25. The third kappa shape index (κ3) is 3.44. The van der Waals surface area contributed by atoms with E-state index < -0.39 is 17.7 Å². The molecule has 0 saturated carbocycles. The summed E-state index contributed by atoms with van der Waals surface area (Å²) < 4.78 is 13.3. The monoisotopic (exact) mass is 356 g/mol. The molecule has 0 aliphatic heterocycles. The summed E-state index contributed by atoms with van der Waals surface area (Å²) in [6, 6.07) is 5.03. The Hall–Kier alpha value is -3.16. The molecule has 3 aromatic rings. The average Bonchev–Trinajstić information content (AvgIpc) is 3.19. The highest BCUT2D eigenvalue weighted by atomic mass is 16.6. The summed E-state index contributed by atoms with van der Waals surface area (Å²) in [5.74, 6) is -0.510. The third-order valence-electron chi connectivity index (χ3n) is 3.47. The molecule has 0 unspecified atom stereocenters. The van der Waals surface area contributed by atoms with Crippen molar-refractivity contribution in [2.45, 2.75) is 33.3 Å². The smallest absolute Gasteiger partial charge is 0.418 e. The average molecular weight is 356 g/mol. The second kappa shape index (κ2) is 6.62. The quantitative estimate of drug-likeness (QED) is 0.670. The summed E-state index contributed by atoms with van der Waals surface area (Å²) >= 11 is 0. The van der Waals surface area contributed by atoms with Gasteiger partial charge in [-0.3, -0.25) is 4.57 Å². The number of esters is 1. The Kier molecular flexibility index (Phi) is 4.50. The Morgan fingerprint density at radius 1 is 1.19 bits per heavy atom. The van der Waals surface area contributed by atoms with Crippen LogP contribution in [0.3, 0.4) is 0 Å². The summed E-state index contributed by atoms with van der Waals surface area (Å²) in [6.45, 7) is 7.40. The number of carbonyl (C=O) groups is 2. The summed E-state index contributed by atoms with van der Waals surface area (Å²) in [5, 5.41) is 4.23. The van der Waals surface area contributed by atoms with Crippen molar-refractivity contribution in [3.8, 4) is 11.3 Å². The van der Waals surface area contributed by atoms with Crippen LogP contribution in [-0.2, 0) is 9.47 Å². The van der Waals surface area contributed by atoms with Crippen molar-refractivity contribution >= 4 is 17.7 Å². The van der Waals surface area contributed by atoms with E-state index >= 15 is 0 Å². The van der Waals surface area contributed by atoms with E-state index in [0.29, 0.717) is 16.9 Å². The van der Waals surface area contributed by atoms with E-state index in [1.54, 1.807) is 58.4 Å². The van der Waals surface area contributed by atoms with Gasteiger partial charge in [-0.05, 0) is 45.9 Å². The van der Waals surface area contributed by atoms with Crippen molar-refractivity contribution in [2.24, 2.45) is 0 Å². The van der Waals surface area contributed by atoms with Gasteiger partial charge in [-0.1, -0.05) is 0 Å². The molecule has 0 radical (unpaired) electrons. The molecule has 3 aromatic heterocycles. The standard InChI is InChI=1S/C18H20N4O4/c1-5-25-16(23)13-8-10-22-15(20-13)12(11-19-22)14-7-6-9-21(14)17(24)26-18(2,3)4/h6-11H,5H2,1-4H3. The van der Waals surface area contributed by atoms with Gasteiger partial charge in [-0.25, -0.2) is 19.1 Å². The molecule has 0 N–H and O–H groups in total. The van der Waals surface area contributed by atoms with E-state index in [2.05, 4.69) is 10.1 Å². The number of hydrogen-bond acceptors (Lipinski definition) is 6. The van der Waals surface area contributed by atoms with Gasteiger partial charge in [0, 0.05) is 12.4 Å². The number of ether oxygens (including phenoxy) is 2. The Labute approximate surface area is 150 Å². The normalized spacial score (nSPS) is 11.5. The minimum Gasteiger partial charge on any atom is -0.461 e. The molecule has 0 spiro atoms. The van der Waals surface area contributed by atoms with E-state index in [0.717, 1.165) is 0 Å². The SMILES string of the molecule is CCOC(=O)c1ccn2ncc(-c3cccn3C(=O)OC(C)(C)C)c2n1. The molecule has 26 heavy (non-hydrogen) atoms. The Morgan fingerprint density at radius 3 is 2.65 bits per heavy atom.